The second-order valence-electron chi connectivity index (χ2n) is 6.54. The van der Waals surface area contributed by atoms with E-state index in [4.69, 9.17) is 30.5 Å². The Balaban J connectivity index is 2.06. The summed E-state index contributed by atoms with van der Waals surface area (Å²) in [4.78, 5) is 26.0. The minimum absolute atomic E-state index is 0.195. The van der Waals surface area contributed by atoms with Crippen LogP contribution in [0.1, 0.15) is 27.6 Å². The lowest BCUT2D eigenvalue weighted by atomic mass is 10.0. The molecule has 1 amide bonds. The maximum Gasteiger partial charge on any atom is 0.341 e. The number of anilines is 1. The summed E-state index contributed by atoms with van der Waals surface area (Å²) in [7, 11) is 4.39. The number of methoxy groups -OCH3 is 3. The Morgan fingerprint density at radius 3 is 2.30 bits per heavy atom. The van der Waals surface area contributed by atoms with Crippen molar-refractivity contribution in [1.29, 1.82) is 0 Å². The third-order valence-electron chi connectivity index (χ3n) is 4.67. The summed E-state index contributed by atoms with van der Waals surface area (Å²) >= 11 is 10.6. The van der Waals surface area contributed by atoms with Crippen molar-refractivity contribution in [2.45, 2.75) is 6.92 Å². The molecular formula is C23H21BrClNO6S. The van der Waals surface area contributed by atoms with Gasteiger partial charge in [0.15, 0.2) is 11.5 Å². The summed E-state index contributed by atoms with van der Waals surface area (Å²) < 4.78 is 21.7. The maximum atomic E-state index is 13.2. The molecule has 0 atom stereocenters. The van der Waals surface area contributed by atoms with Gasteiger partial charge >= 0.3 is 5.97 Å². The third kappa shape index (κ3) is 5.10. The standard InChI is InChI=1S/C23H21BrClNO6S/c1-5-32-23(28)17-15(12-6-8-13(25)9-7-12)11-33-22(17)26-21(27)14-10-16(29-2)19(30-3)20(31-4)18(14)24/h6-11H,5H2,1-4H3,(H,26,27). The van der Waals surface area contributed by atoms with E-state index >= 15 is 0 Å². The number of ether oxygens (including phenoxy) is 4. The van der Waals surface area contributed by atoms with Crippen LogP contribution in [0.2, 0.25) is 5.02 Å². The molecule has 0 aliphatic heterocycles. The lowest BCUT2D eigenvalue weighted by Gasteiger charge is -2.16. The number of amides is 1. The number of carbonyl (C=O) groups excluding carboxylic acids is 2. The molecule has 2 aromatic carbocycles. The van der Waals surface area contributed by atoms with Crippen molar-refractivity contribution in [1.82, 2.24) is 0 Å². The largest absolute Gasteiger partial charge is 0.493 e. The molecule has 0 saturated carbocycles. The van der Waals surface area contributed by atoms with Crippen LogP contribution in [0, 0.1) is 0 Å². The highest BCUT2D eigenvalue weighted by molar-refractivity contribution is 9.10. The molecule has 3 rings (SSSR count). The Kier molecular flexibility index (Phi) is 8.23. The molecule has 0 radical (unpaired) electrons. The lowest BCUT2D eigenvalue weighted by molar-refractivity contribution is 0.0529. The molecule has 0 bridgehead atoms. The van der Waals surface area contributed by atoms with Gasteiger partial charge in [0.25, 0.3) is 5.91 Å². The number of thiophene rings is 1. The van der Waals surface area contributed by atoms with E-state index in [9.17, 15) is 9.59 Å². The zero-order valence-electron chi connectivity index (χ0n) is 18.3. The highest BCUT2D eigenvalue weighted by Crippen LogP contribution is 2.45. The SMILES string of the molecule is CCOC(=O)c1c(-c2ccc(Cl)cc2)csc1NC(=O)c1cc(OC)c(OC)c(OC)c1Br. The van der Waals surface area contributed by atoms with E-state index in [1.807, 2.05) is 0 Å². The highest BCUT2D eigenvalue weighted by Gasteiger charge is 2.26. The maximum absolute atomic E-state index is 13.2. The van der Waals surface area contributed by atoms with Crippen LogP contribution in [0.25, 0.3) is 11.1 Å². The van der Waals surface area contributed by atoms with Crippen LogP contribution < -0.4 is 19.5 Å². The first kappa shape index (κ1) is 24.9. The minimum atomic E-state index is -0.539. The smallest absolute Gasteiger partial charge is 0.341 e. The van der Waals surface area contributed by atoms with E-state index in [1.54, 1.807) is 36.6 Å². The summed E-state index contributed by atoms with van der Waals surface area (Å²) in [5, 5.41) is 5.53. The van der Waals surface area contributed by atoms with Gasteiger partial charge < -0.3 is 24.3 Å². The monoisotopic (exact) mass is 553 g/mol. The number of hydrogen-bond acceptors (Lipinski definition) is 7. The number of halogens is 2. The summed E-state index contributed by atoms with van der Waals surface area (Å²) in [6, 6.07) is 8.59. The van der Waals surface area contributed by atoms with E-state index < -0.39 is 11.9 Å². The topological polar surface area (TPSA) is 83.1 Å². The number of benzene rings is 2. The van der Waals surface area contributed by atoms with E-state index in [1.165, 1.54) is 38.7 Å². The van der Waals surface area contributed by atoms with Crippen molar-refractivity contribution < 1.29 is 28.5 Å². The molecule has 3 aromatic rings. The van der Waals surface area contributed by atoms with Gasteiger partial charge in [-0.1, -0.05) is 23.7 Å². The van der Waals surface area contributed by atoms with Gasteiger partial charge in [-0.25, -0.2) is 4.79 Å². The average molecular weight is 555 g/mol. The van der Waals surface area contributed by atoms with Crippen LogP contribution in [0.3, 0.4) is 0 Å². The number of nitrogens with one attached hydrogen (secondary N) is 1. The van der Waals surface area contributed by atoms with Crippen molar-refractivity contribution >= 4 is 55.7 Å². The van der Waals surface area contributed by atoms with E-state index in [0.717, 1.165) is 5.56 Å². The first-order chi connectivity index (χ1) is 15.9. The molecule has 33 heavy (non-hydrogen) atoms. The number of esters is 1. The van der Waals surface area contributed by atoms with Gasteiger partial charge in [0.1, 0.15) is 10.6 Å². The Morgan fingerprint density at radius 1 is 1.06 bits per heavy atom. The lowest BCUT2D eigenvalue weighted by Crippen LogP contribution is -2.16. The van der Waals surface area contributed by atoms with Crippen LogP contribution in [0.4, 0.5) is 5.00 Å². The van der Waals surface area contributed by atoms with Crippen LogP contribution in [-0.4, -0.2) is 39.8 Å². The van der Waals surface area contributed by atoms with Gasteiger partial charge in [-0.3, -0.25) is 4.79 Å². The van der Waals surface area contributed by atoms with E-state index in [0.29, 0.717) is 37.3 Å². The Labute approximate surface area is 208 Å². The average Bonchev–Trinajstić information content (AvgIpc) is 3.22. The van der Waals surface area contributed by atoms with Gasteiger partial charge in [-0.15, -0.1) is 11.3 Å². The number of carbonyl (C=O) groups is 2. The van der Waals surface area contributed by atoms with E-state index in [-0.39, 0.29) is 17.7 Å². The molecular weight excluding hydrogens is 534 g/mol. The zero-order chi connectivity index (χ0) is 24.1. The van der Waals surface area contributed by atoms with Crippen molar-refractivity contribution in [3.05, 3.63) is 56.3 Å². The highest BCUT2D eigenvalue weighted by atomic mass is 79.9. The molecule has 0 unspecified atom stereocenters. The first-order valence-electron chi connectivity index (χ1n) is 9.70. The van der Waals surface area contributed by atoms with Crippen molar-refractivity contribution in [2.24, 2.45) is 0 Å². The molecule has 1 heterocycles. The van der Waals surface area contributed by atoms with Crippen molar-refractivity contribution in [2.75, 3.05) is 33.3 Å². The first-order valence-corrected chi connectivity index (χ1v) is 11.8. The fourth-order valence-electron chi connectivity index (χ4n) is 3.15. The zero-order valence-corrected chi connectivity index (χ0v) is 21.4. The fraction of sp³-hybridized carbons (Fsp3) is 0.217. The Hall–Kier alpha value is -2.75. The quantitative estimate of drug-likeness (QED) is 0.330. The summed E-state index contributed by atoms with van der Waals surface area (Å²) in [6.45, 7) is 1.91. The van der Waals surface area contributed by atoms with Gasteiger partial charge in [0.05, 0.1) is 38.0 Å². The van der Waals surface area contributed by atoms with Gasteiger partial charge in [0.2, 0.25) is 5.75 Å². The van der Waals surface area contributed by atoms with Crippen LogP contribution in [0.5, 0.6) is 17.2 Å². The summed E-state index contributed by atoms with van der Waals surface area (Å²) in [5.41, 5.74) is 1.91. The molecule has 174 valence electrons. The van der Waals surface area contributed by atoms with Gasteiger partial charge in [-0.2, -0.15) is 0 Å². The Morgan fingerprint density at radius 2 is 1.73 bits per heavy atom. The van der Waals surface area contributed by atoms with E-state index in [2.05, 4.69) is 21.2 Å². The van der Waals surface area contributed by atoms with Crippen LogP contribution in [-0.2, 0) is 4.74 Å². The molecule has 0 fully saturated rings. The fourth-order valence-corrected chi connectivity index (χ4v) is 4.87. The Bertz CT molecular complexity index is 1180. The summed E-state index contributed by atoms with van der Waals surface area (Å²) in [6.07, 6.45) is 0. The predicted molar refractivity (Wildman–Crippen MR) is 132 cm³/mol. The molecule has 0 aliphatic carbocycles. The number of rotatable bonds is 8. The molecule has 10 heteroatoms. The molecule has 0 aliphatic rings. The molecule has 0 saturated heterocycles. The molecule has 1 N–H and O–H groups in total. The second-order valence-corrected chi connectivity index (χ2v) is 8.65. The number of hydrogen-bond donors (Lipinski definition) is 1. The molecule has 1 aromatic heterocycles. The van der Waals surface area contributed by atoms with Crippen molar-refractivity contribution in [3.8, 4) is 28.4 Å². The summed E-state index contributed by atoms with van der Waals surface area (Å²) in [5.74, 6) is -0.0436. The predicted octanol–water partition coefficient (Wildman–Crippen LogP) is 6.29. The van der Waals surface area contributed by atoms with Gasteiger partial charge in [0, 0.05) is 16.0 Å². The second kappa shape index (κ2) is 10.9. The normalized spacial score (nSPS) is 10.5. The van der Waals surface area contributed by atoms with Crippen molar-refractivity contribution in [3.63, 3.8) is 0 Å². The van der Waals surface area contributed by atoms with Gasteiger partial charge in [-0.05, 0) is 46.6 Å². The van der Waals surface area contributed by atoms with Crippen LogP contribution >= 0.6 is 38.9 Å². The van der Waals surface area contributed by atoms with Crippen LogP contribution in [0.15, 0.2) is 40.2 Å². The minimum Gasteiger partial charge on any atom is -0.493 e. The third-order valence-corrected chi connectivity index (χ3v) is 6.60. The molecule has 0 spiro atoms. The molecule has 7 nitrogen and oxygen atoms in total.